The zero-order chi connectivity index (χ0) is 21.1. The first kappa shape index (κ1) is 22.0. The molecule has 3 rings (SSSR count). The second-order valence-electron chi connectivity index (χ2n) is 9.69. The van der Waals surface area contributed by atoms with Gasteiger partial charge in [0, 0.05) is 45.2 Å². The normalized spacial score (nSPS) is 21.1. The third kappa shape index (κ3) is 5.45. The number of nitrogens with zero attached hydrogens (tertiary/aromatic N) is 3. The van der Waals surface area contributed by atoms with Crippen LogP contribution in [0.25, 0.3) is 6.08 Å². The third-order valence-electron chi connectivity index (χ3n) is 6.18. The van der Waals surface area contributed by atoms with Crippen LogP contribution in [0, 0.1) is 11.3 Å². The molecule has 1 atom stereocenters. The van der Waals surface area contributed by atoms with Gasteiger partial charge in [-0.2, -0.15) is 0 Å². The number of hydrogen-bond acceptors (Lipinski definition) is 5. The van der Waals surface area contributed by atoms with Gasteiger partial charge in [-0.3, -0.25) is 4.79 Å². The second-order valence-corrected chi connectivity index (χ2v) is 15.3. The quantitative estimate of drug-likeness (QED) is 0.482. The minimum atomic E-state index is -1.07. The Morgan fingerprint density at radius 3 is 2.72 bits per heavy atom. The van der Waals surface area contributed by atoms with Crippen molar-refractivity contribution in [3.63, 3.8) is 0 Å². The number of hydrogen-bond donors (Lipinski definition) is 1. The van der Waals surface area contributed by atoms with Gasteiger partial charge in [-0.05, 0) is 32.2 Å². The van der Waals surface area contributed by atoms with Crippen molar-refractivity contribution in [2.75, 3.05) is 31.2 Å². The van der Waals surface area contributed by atoms with Crippen molar-refractivity contribution in [1.29, 1.82) is 0 Å². The van der Waals surface area contributed by atoms with E-state index in [2.05, 4.69) is 40.6 Å². The van der Waals surface area contributed by atoms with Crippen LogP contribution in [0.2, 0.25) is 25.7 Å². The maximum atomic E-state index is 11.6. The molecule has 0 amide bonds. The summed E-state index contributed by atoms with van der Waals surface area (Å²) in [6.45, 7) is 12.1. The van der Waals surface area contributed by atoms with E-state index in [1.54, 1.807) is 6.33 Å². The maximum Gasteiger partial charge on any atom is 0.307 e. The molecule has 2 fully saturated rings. The molecule has 0 bridgehead atoms. The van der Waals surface area contributed by atoms with Crippen molar-refractivity contribution in [3.05, 3.63) is 23.7 Å². The van der Waals surface area contributed by atoms with Crippen molar-refractivity contribution >= 4 is 25.9 Å². The van der Waals surface area contributed by atoms with Gasteiger partial charge in [0.1, 0.15) is 12.1 Å². The third-order valence-corrected chi connectivity index (χ3v) is 7.88. The highest BCUT2D eigenvalue weighted by Gasteiger charge is 2.55. The molecule has 1 aliphatic carbocycles. The smallest absolute Gasteiger partial charge is 0.307 e. The van der Waals surface area contributed by atoms with Gasteiger partial charge < -0.3 is 14.7 Å². The van der Waals surface area contributed by atoms with Crippen LogP contribution in [0.1, 0.15) is 37.4 Å². The predicted molar refractivity (Wildman–Crippen MR) is 119 cm³/mol. The van der Waals surface area contributed by atoms with Gasteiger partial charge in [0.2, 0.25) is 0 Å². The SMILES string of the molecule is C/C=C\c1c(CCOCC[Si](C)(C)C)ncnc1N1CCC(C(=O)O)C2(CC2)C1. The molecule has 7 heteroatoms. The Kier molecular flexibility index (Phi) is 6.78. The molecule has 0 aromatic carbocycles. The molecule has 1 N–H and O–H groups in total. The molecule has 160 valence electrons. The first-order chi connectivity index (χ1) is 13.8. The lowest BCUT2D eigenvalue weighted by Gasteiger charge is -2.38. The average Bonchev–Trinajstić information content (AvgIpc) is 3.40. The van der Waals surface area contributed by atoms with Gasteiger partial charge in [0.15, 0.2) is 0 Å². The summed E-state index contributed by atoms with van der Waals surface area (Å²) in [5.74, 6) is 0.0741. The van der Waals surface area contributed by atoms with Gasteiger partial charge in [-0.15, -0.1) is 0 Å². The Hall–Kier alpha value is -1.73. The van der Waals surface area contributed by atoms with E-state index in [0.717, 1.165) is 56.0 Å². The lowest BCUT2D eigenvalue weighted by molar-refractivity contribution is -0.145. The van der Waals surface area contributed by atoms with Crippen LogP contribution in [-0.2, 0) is 16.0 Å². The fraction of sp³-hybridized carbons (Fsp3) is 0.682. The predicted octanol–water partition coefficient (Wildman–Crippen LogP) is 4.10. The molecule has 2 heterocycles. The highest BCUT2D eigenvalue weighted by molar-refractivity contribution is 6.76. The van der Waals surface area contributed by atoms with Crippen LogP contribution in [0.3, 0.4) is 0 Å². The lowest BCUT2D eigenvalue weighted by Crippen LogP contribution is -2.45. The summed E-state index contributed by atoms with van der Waals surface area (Å²) in [4.78, 5) is 23.1. The summed E-state index contributed by atoms with van der Waals surface area (Å²) in [7, 11) is -1.07. The number of rotatable bonds is 9. The summed E-state index contributed by atoms with van der Waals surface area (Å²) in [6, 6.07) is 1.17. The topological polar surface area (TPSA) is 75.6 Å². The van der Waals surface area contributed by atoms with E-state index < -0.39 is 14.0 Å². The van der Waals surface area contributed by atoms with Crippen molar-refractivity contribution in [2.24, 2.45) is 11.3 Å². The molecule has 1 saturated carbocycles. The van der Waals surface area contributed by atoms with E-state index in [4.69, 9.17) is 4.74 Å². The highest BCUT2D eigenvalue weighted by Crippen LogP contribution is 2.56. The van der Waals surface area contributed by atoms with Crippen LogP contribution >= 0.6 is 0 Å². The minimum Gasteiger partial charge on any atom is -0.481 e. The summed E-state index contributed by atoms with van der Waals surface area (Å²) >= 11 is 0. The number of ether oxygens (including phenoxy) is 1. The molecule has 0 radical (unpaired) electrons. The van der Waals surface area contributed by atoms with Gasteiger partial charge >= 0.3 is 5.97 Å². The Balaban J connectivity index is 1.70. The number of carboxylic acids is 1. The van der Waals surface area contributed by atoms with Crippen molar-refractivity contribution < 1.29 is 14.6 Å². The number of carbonyl (C=O) groups is 1. The zero-order valence-corrected chi connectivity index (χ0v) is 19.3. The van der Waals surface area contributed by atoms with Gasteiger partial charge in [-0.1, -0.05) is 31.8 Å². The standard InChI is InChI=1S/C22H35N3O3Si/c1-5-6-17-19(8-12-28-13-14-29(2,3)4)23-16-24-20(17)25-11-7-18(21(26)27)22(15-25)9-10-22/h5-6,16,18H,7-15H2,1-4H3,(H,26,27)/b6-5-. The summed E-state index contributed by atoms with van der Waals surface area (Å²) in [5, 5.41) is 9.58. The number of piperidine rings is 1. The van der Waals surface area contributed by atoms with E-state index in [0.29, 0.717) is 13.0 Å². The first-order valence-corrected chi connectivity index (χ1v) is 14.5. The summed E-state index contributed by atoms with van der Waals surface area (Å²) < 4.78 is 5.89. The molecule has 29 heavy (non-hydrogen) atoms. The molecule has 1 aromatic rings. The molecular formula is C22H35N3O3Si. The number of anilines is 1. The Morgan fingerprint density at radius 2 is 2.10 bits per heavy atom. The van der Waals surface area contributed by atoms with Crippen LogP contribution in [0.15, 0.2) is 12.4 Å². The zero-order valence-electron chi connectivity index (χ0n) is 18.3. The number of aliphatic carboxylic acids is 1. The van der Waals surface area contributed by atoms with Crippen LogP contribution in [0.4, 0.5) is 5.82 Å². The fourth-order valence-electron chi connectivity index (χ4n) is 4.25. The molecule has 2 aliphatic rings. The van der Waals surface area contributed by atoms with Gasteiger partial charge in [0.25, 0.3) is 0 Å². The number of allylic oxidation sites excluding steroid dienone is 1. The van der Waals surface area contributed by atoms with E-state index >= 15 is 0 Å². The minimum absolute atomic E-state index is 0.0671. The molecule has 1 aromatic heterocycles. The molecule has 1 aliphatic heterocycles. The van der Waals surface area contributed by atoms with Gasteiger partial charge in [0.05, 0.1) is 18.2 Å². The Morgan fingerprint density at radius 1 is 1.34 bits per heavy atom. The van der Waals surface area contributed by atoms with E-state index in [-0.39, 0.29) is 11.3 Å². The highest BCUT2D eigenvalue weighted by atomic mass is 28.3. The first-order valence-electron chi connectivity index (χ1n) is 10.8. The number of carboxylic acid groups (broad SMARTS) is 1. The Labute approximate surface area is 175 Å². The average molecular weight is 418 g/mol. The van der Waals surface area contributed by atoms with Crippen LogP contribution < -0.4 is 4.90 Å². The van der Waals surface area contributed by atoms with Crippen molar-refractivity contribution in [3.8, 4) is 0 Å². The van der Waals surface area contributed by atoms with E-state index in [9.17, 15) is 9.90 Å². The molecule has 1 spiro atoms. The Bertz CT molecular complexity index is 756. The molecule has 6 nitrogen and oxygen atoms in total. The van der Waals surface area contributed by atoms with Crippen LogP contribution in [-0.4, -0.2) is 55.4 Å². The van der Waals surface area contributed by atoms with Crippen LogP contribution in [0.5, 0.6) is 0 Å². The van der Waals surface area contributed by atoms with E-state index in [1.807, 2.05) is 13.0 Å². The lowest BCUT2D eigenvalue weighted by atomic mass is 9.82. The van der Waals surface area contributed by atoms with E-state index in [1.165, 1.54) is 6.04 Å². The second kappa shape index (κ2) is 8.96. The largest absolute Gasteiger partial charge is 0.481 e. The fourth-order valence-corrected chi connectivity index (χ4v) is 5.01. The molecule has 1 saturated heterocycles. The molecular weight excluding hydrogens is 382 g/mol. The summed E-state index contributed by atoms with van der Waals surface area (Å²) in [6.07, 6.45) is 9.19. The van der Waals surface area contributed by atoms with Crippen molar-refractivity contribution in [1.82, 2.24) is 9.97 Å². The monoisotopic (exact) mass is 417 g/mol. The molecule has 1 unspecified atom stereocenters. The summed E-state index contributed by atoms with van der Waals surface area (Å²) in [5.41, 5.74) is 1.99. The van der Waals surface area contributed by atoms with Crippen molar-refractivity contribution in [2.45, 2.75) is 58.3 Å². The number of aromatic nitrogens is 2. The maximum absolute atomic E-state index is 11.6. The van der Waals surface area contributed by atoms with Gasteiger partial charge in [-0.25, -0.2) is 9.97 Å².